The summed E-state index contributed by atoms with van der Waals surface area (Å²) in [6.45, 7) is 1.88. The minimum atomic E-state index is 0.836. The van der Waals surface area contributed by atoms with Crippen molar-refractivity contribution in [2.24, 2.45) is 7.05 Å². The van der Waals surface area contributed by atoms with Crippen molar-refractivity contribution in [1.82, 2.24) is 4.90 Å². The fourth-order valence-electron chi connectivity index (χ4n) is 4.28. The van der Waals surface area contributed by atoms with Gasteiger partial charge < -0.3 is 14.2 Å². The minimum Gasteiger partial charge on any atom is -0.398 e. The van der Waals surface area contributed by atoms with E-state index in [0.717, 1.165) is 41.4 Å². The Balaban J connectivity index is 1.64. The zero-order valence-electron chi connectivity index (χ0n) is 19.9. The highest BCUT2D eigenvalue weighted by Gasteiger charge is 2.23. The third-order valence-electron chi connectivity index (χ3n) is 6.08. The Kier molecular flexibility index (Phi) is 6.57. The normalized spacial score (nSPS) is 15.0. The summed E-state index contributed by atoms with van der Waals surface area (Å²) in [4.78, 5) is 5.99. The standard InChI is InChI=1S/C29H30N3OS/c1-30(2)17-18-34-24-19-22(20-29-31(3)27-15-9-10-16-28(27)33-29)25-13-7-8-14-26(25)32(21-24)23-11-5-4-6-12-23/h4-16,19-20H,17-18,21H2,1-3H3/q+1. The molecule has 0 radical (unpaired) electrons. The van der Waals surface area contributed by atoms with Crippen molar-refractivity contribution in [3.63, 3.8) is 0 Å². The van der Waals surface area contributed by atoms with Crippen LogP contribution in [0.4, 0.5) is 11.4 Å². The molecule has 1 aliphatic rings. The third kappa shape index (κ3) is 4.67. The number of para-hydroxylation sites is 4. The lowest BCUT2D eigenvalue weighted by Gasteiger charge is -2.26. The molecule has 1 aromatic heterocycles. The molecule has 4 nitrogen and oxygen atoms in total. The van der Waals surface area contributed by atoms with Gasteiger partial charge in [0.05, 0.1) is 12.6 Å². The maximum absolute atomic E-state index is 6.25. The van der Waals surface area contributed by atoms with Gasteiger partial charge in [0.2, 0.25) is 5.58 Å². The molecule has 0 saturated heterocycles. The second kappa shape index (κ2) is 9.92. The van der Waals surface area contributed by atoms with Crippen molar-refractivity contribution in [2.45, 2.75) is 0 Å². The van der Waals surface area contributed by atoms with E-state index in [1.165, 1.54) is 21.8 Å². The van der Waals surface area contributed by atoms with Crippen LogP contribution in [-0.2, 0) is 7.05 Å². The Morgan fingerprint density at radius 2 is 1.71 bits per heavy atom. The van der Waals surface area contributed by atoms with Crippen molar-refractivity contribution in [3.05, 3.63) is 101 Å². The lowest BCUT2D eigenvalue weighted by atomic mass is 10.0. The van der Waals surface area contributed by atoms with Gasteiger partial charge in [-0.15, -0.1) is 11.8 Å². The lowest BCUT2D eigenvalue weighted by molar-refractivity contribution is -0.651. The number of allylic oxidation sites excluding steroid dienone is 2. The highest BCUT2D eigenvalue weighted by atomic mass is 32.2. The van der Waals surface area contributed by atoms with Gasteiger partial charge >= 0.3 is 5.89 Å². The minimum absolute atomic E-state index is 0.836. The maximum Gasteiger partial charge on any atom is 0.374 e. The molecule has 3 aromatic carbocycles. The fraction of sp³-hybridized carbons (Fsp3) is 0.207. The van der Waals surface area contributed by atoms with E-state index >= 15 is 0 Å². The van der Waals surface area contributed by atoms with Crippen LogP contribution in [-0.4, -0.2) is 37.8 Å². The van der Waals surface area contributed by atoms with E-state index in [9.17, 15) is 0 Å². The molecule has 5 rings (SSSR count). The molecule has 4 aromatic rings. The molecule has 1 aliphatic heterocycles. The summed E-state index contributed by atoms with van der Waals surface area (Å²) >= 11 is 1.93. The second-order valence-corrected chi connectivity index (χ2v) is 9.99. The summed E-state index contributed by atoms with van der Waals surface area (Å²) in [6.07, 6.45) is 4.52. The van der Waals surface area contributed by atoms with Crippen LogP contribution in [0.5, 0.6) is 0 Å². The number of hydrogen-bond donors (Lipinski definition) is 0. The predicted octanol–water partition coefficient (Wildman–Crippen LogP) is 6.13. The number of hydrogen-bond acceptors (Lipinski definition) is 4. The average Bonchev–Trinajstić information content (AvgIpc) is 3.08. The van der Waals surface area contributed by atoms with Crippen molar-refractivity contribution >= 4 is 45.9 Å². The van der Waals surface area contributed by atoms with Crippen LogP contribution in [0.15, 0.2) is 94.3 Å². The molecule has 0 bridgehead atoms. The number of nitrogens with zero attached hydrogens (tertiary/aromatic N) is 3. The molecule has 34 heavy (non-hydrogen) atoms. The van der Waals surface area contributed by atoms with Gasteiger partial charge in [-0.05, 0) is 50.0 Å². The summed E-state index contributed by atoms with van der Waals surface area (Å²) in [6, 6.07) is 27.5. The van der Waals surface area contributed by atoms with Gasteiger partial charge in [0.25, 0.3) is 5.52 Å². The monoisotopic (exact) mass is 468 g/mol. The zero-order valence-corrected chi connectivity index (χ0v) is 20.8. The van der Waals surface area contributed by atoms with Gasteiger partial charge in [-0.2, -0.15) is 4.57 Å². The summed E-state index contributed by atoms with van der Waals surface area (Å²) in [7, 11) is 6.32. The van der Waals surface area contributed by atoms with Gasteiger partial charge in [0.15, 0.2) is 0 Å². The van der Waals surface area contributed by atoms with Gasteiger partial charge in [0.1, 0.15) is 7.05 Å². The molecule has 0 saturated carbocycles. The molecule has 0 N–H and O–H groups in total. The van der Waals surface area contributed by atoms with Gasteiger partial charge in [-0.3, -0.25) is 0 Å². The van der Waals surface area contributed by atoms with E-state index in [1.54, 1.807) is 0 Å². The van der Waals surface area contributed by atoms with Crippen molar-refractivity contribution < 1.29 is 8.98 Å². The highest BCUT2D eigenvalue weighted by Crippen LogP contribution is 2.39. The van der Waals surface area contributed by atoms with Crippen molar-refractivity contribution in [2.75, 3.05) is 37.8 Å². The van der Waals surface area contributed by atoms with Gasteiger partial charge in [0, 0.05) is 40.2 Å². The first-order chi connectivity index (χ1) is 16.6. The number of anilines is 2. The van der Waals surface area contributed by atoms with Crippen molar-refractivity contribution in [1.29, 1.82) is 0 Å². The molecule has 0 atom stereocenters. The number of oxazole rings is 1. The Morgan fingerprint density at radius 1 is 0.971 bits per heavy atom. The van der Waals surface area contributed by atoms with E-state index in [1.807, 2.05) is 30.0 Å². The number of benzene rings is 3. The predicted molar refractivity (Wildman–Crippen MR) is 144 cm³/mol. The molecule has 0 spiro atoms. The zero-order chi connectivity index (χ0) is 23.5. The molecular weight excluding hydrogens is 438 g/mol. The largest absolute Gasteiger partial charge is 0.398 e. The van der Waals surface area contributed by atoms with Crippen LogP contribution in [0.2, 0.25) is 0 Å². The average molecular weight is 469 g/mol. The molecule has 172 valence electrons. The molecule has 5 heteroatoms. The Morgan fingerprint density at radius 3 is 2.50 bits per heavy atom. The molecule has 0 amide bonds. The van der Waals surface area contributed by atoms with E-state index in [0.29, 0.717) is 0 Å². The first-order valence-electron chi connectivity index (χ1n) is 11.6. The van der Waals surface area contributed by atoms with Crippen molar-refractivity contribution in [3.8, 4) is 0 Å². The number of aromatic nitrogens is 1. The first kappa shape index (κ1) is 22.5. The Bertz CT molecular complexity index is 1350. The molecule has 2 heterocycles. The summed E-state index contributed by atoms with van der Waals surface area (Å²) in [5.74, 6) is 1.89. The van der Waals surface area contributed by atoms with Gasteiger partial charge in [-0.25, -0.2) is 0 Å². The third-order valence-corrected chi connectivity index (χ3v) is 7.09. The number of fused-ring (bicyclic) bond motifs is 2. The van der Waals surface area contributed by atoms with Crippen LogP contribution in [0.25, 0.3) is 22.7 Å². The van der Waals surface area contributed by atoms with Crippen LogP contribution < -0.4 is 9.47 Å². The quantitative estimate of drug-likeness (QED) is 0.318. The van der Waals surface area contributed by atoms with Crippen LogP contribution in [0, 0.1) is 0 Å². The molecule has 0 unspecified atom stereocenters. The van der Waals surface area contributed by atoms with Crippen LogP contribution >= 0.6 is 11.8 Å². The fourth-order valence-corrected chi connectivity index (χ4v) is 5.42. The molecule has 0 fully saturated rings. The molecular formula is C29H30N3OS+. The Labute approximate surface area is 205 Å². The van der Waals surface area contributed by atoms with E-state index in [2.05, 4.69) is 108 Å². The maximum atomic E-state index is 6.25. The Hall–Kier alpha value is -3.28. The van der Waals surface area contributed by atoms with Gasteiger partial charge in [-0.1, -0.05) is 48.5 Å². The summed E-state index contributed by atoms with van der Waals surface area (Å²) in [5, 5.41) is 0. The first-order valence-corrected chi connectivity index (χ1v) is 12.6. The highest BCUT2D eigenvalue weighted by molar-refractivity contribution is 8.03. The van der Waals surface area contributed by atoms with E-state index in [-0.39, 0.29) is 0 Å². The van der Waals surface area contributed by atoms with Crippen LogP contribution in [0.1, 0.15) is 11.5 Å². The summed E-state index contributed by atoms with van der Waals surface area (Å²) < 4.78 is 8.37. The number of rotatable bonds is 6. The van der Waals surface area contributed by atoms with E-state index < -0.39 is 0 Å². The number of thioether (sulfide) groups is 1. The number of aryl methyl sites for hydroxylation is 1. The lowest BCUT2D eigenvalue weighted by Crippen LogP contribution is -2.29. The smallest absolute Gasteiger partial charge is 0.374 e. The molecule has 0 aliphatic carbocycles. The van der Waals surface area contributed by atoms with E-state index in [4.69, 9.17) is 4.42 Å². The topological polar surface area (TPSA) is 23.5 Å². The second-order valence-electron chi connectivity index (χ2n) is 8.77. The van der Waals surface area contributed by atoms with Crippen LogP contribution in [0.3, 0.4) is 0 Å². The SMILES string of the molecule is CN(C)CCSC1=C/C(=C\c2oc3ccccc3[n+]2C)c2ccccc2N(c2ccccc2)C1. The summed E-state index contributed by atoms with van der Waals surface area (Å²) in [5.41, 5.74) is 6.76.